The van der Waals surface area contributed by atoms with Crippen LogP contribution < -0.4 is 10.6 Å². The van der Waals surface area contributed by atoms with E-state index in [1.807, 2.05) is 37.3 Å². The van der Waals surface area contributed by atoms with Crippen LogP contribution in [-0.4, -0.2) is 23.9 Å². The fraction of sp³-hybridized carbons (Fsp3) is 0.429. The minimum absolute atomic E-state index is 0.0265. The molecular weight excluding hydrogens is 328 g/mol. The number of furan rings is 1. The topological polar surface area (TPSA) is 71.3 Å². The fourth-order valence-electron chi connectivity index (χ4n) is 3.52. The zero-order valence-corrected chi connectivity index (χ0v) is 15.2. The molecule has 0 radical (unpaired) electrons. The highest BCUT2D eigenvalue weighted by molar-refractivity contribution is 5.80. The molecule has 2 N–H and O–H groups in total. The van der Waals surface area contributed by atoms with Gasteiger partial charge in [0.15, 0.2) is 0 Å². The summed E-state index contributed by atoms with van der Waals surface area (Å²) in [5.41, 5.74) is 0.938. The van der Waals surface area contributed by atoms with Crippen LogP contribution in [0.4, 0.5) is 0 Å². The Kier molecular flexibility index (Phi) is 5.76. The van der Waals surface area contributed by atoms with Gasteiger partial charge in [-0.2, -0.15) is 0 Å². The monoisotopic (exact) mass is 354 g/mol. The summed E-state index contributed by atoms with van der Waals surface area (Å²) in [4.78, 5) is 23.6. The lowest BCUT2D eigenvalue weighted by atomic mass is 9.93. The Morgan fingerprint density at radius 2 is 2.08 bits per heavy atom. The second kappa shape index (κ2) is 8.21. The van der Waals surface area contributed by atoms with E-state index in [4.69, 9.17) is 4.42 Å². The predicted molar refractivity (Wildman–Crippen MR) is 99.6 cm³/mol. The summed E-state index contributed by atoms with van der Waals surface area (Å²) in [5.74, 6) is 1.14. The molecule has 2 unspecified atom stereocenters. The van der Waals surface area contributed by atoms with Crippen molar-refractivity contribution >= 4 is 11.8 Å². The second-order valence-electron chi connectivity index (χ2n) is 7.23. The molecule has 0 saturated carbocycles. The first kappa shape index (κ1) is 18.2. The molecule has 1 aliphatic heterocycles. The van der Waals surface area contributed by atoms with Crippen molar-refractivity contribution in [2.75, 3.05) is 6.54 Å². The minimum atomic E-state index is -0.241. The molecule has 5 heteroatoms. The van der Waals surface area contributed by atoms with E-state index in [9.17, 15) is 9.59 Å². The molecule has 1 aromatic heterocycles. The van der Waals surface area contributed by atoms with Crippen LogP contribution in [0, 0.1) is 0 Å². The normalized spacial score (nSPS) is 20.6. The van der Waals surface area contributed by atoms with Gasteiger partial charge in [-0.25, -0.2) is 0 Å². The maximum absolute atomic E-state index is 12.2. The van der Waals surface area contributed by atoms with Crippen LogP contribution in [0.3, 0.4) is 0 Å². The number of nitrogens with one attached hydrogen (secondary N) is 2. The van der Waals surface area contributed by atoms with Crippen LogP contribution in [0.1, 0.15) is 56.3 Å². The van der Waals surface area contributed by atoms with Gasteiger partial charge in [-0.3, -0.25) is 9.59 Å². The van der Waals surface area contributed by atoms with E-state index in [0.717, 1.165) is 18.6 Å². The molecule has 2 aromatic rings. The van der Waals surface area contributed by atoms with Gasteiger partial charge in [0.05, 0.1) is 6.26 Å². The Bertz CT molecular complexity index is 727. The first-order valence-corrected chi connectivity index (χ1v) is 9.22. The van der Waals surface area contributed by atoms with Crippen molar-refractivity contribution in [3.8, 4) is 0 Å². The number of amides is 2. The molecule has 0 aliphatic carbocycles. The van der Waals surface area contributed by atoms with E-state index >= 15 is 0 Å². The highest BCUT2D eigenvalue weighted by Gasteiger charge is 2.32. The van der Waals surface area contributed by atoms with E-state index in [2.05, 4.69) is 22.8 Å². The van der Waals surface area contributed by atoms with Gasteiger partial charge in [0.2, 0.25) is 11.8 Å². The summed E-state index contributed by atoms with van der Waals surface area (Å²) >= 11 is 0. The molecule has 0 spiro atoms. The van der Waals surface area contributed by atoms with Gasteiger partial charge in [0, 0.05) is 30.8 Å². The van der Waals surface area contributed by atoms with Crippen LogP contribution in [0.5, 0.6) is 0 Å². The van der Waals surface area contributed by atoms with Gasteiger partial charge < -0.3 is 15.1 Å². The van der Waals surface area contributed by atoms with Crippen molar-refractivity contribution < 1.29 is 14.0 Å². The number of carbonyl (C=O) groups excluding carboxylic acids is 2. The van der Waals surface area contributed by atoms with Gasteiger partial charge in [-0.05, 0) is 43.9 Å². The molecule has 1 fully saturated rings. The molecular formula is C21H26N2O3. The van der Waals surface area contributed by atoms with Crippen LogP contribution in [0.25, 0.3) is 0 Å². The average molecular weight is 354 g/mol. The summed E-state index contributed by atoms with van der Waals surface area (Å²) in [6, 6.07) is 14.1. The predicted octanol–water partition coefficient (Wildman–Crippen LogP) is 3.37. The maximum atomic E-state index is 12.2. The number of hydrogen-bond donors (Lipinski definition) is 2. The second-order valence-corrected chi connectivity index (χ2v) is 7.23. The van der Waals surface area contributed by atoms with Crippen LogP contribution in [0.2, 0.25) is 0 Å². The average Bonchev–Trinajstić information content (AvgIpc) is 3.28. The van der Waals surface area contributed by atoms with Crippen LogP contribution in [-0.2, 0) is 9.59 Å². The quantitative estimate of drug-likeness (QED) is 0.763. The van der Waals surface area contributed by atoms with Crippen molar-refractivity contribution in [3.63, 3.8) is 0 Å². The Hall–Kier alpha value is -2.56. The SMILES string of the molecule is CC1(CCC(=O)NCCC(c2ccccc2)c2ccco2)CCC(=O)N1. The zero-order valence-electron chi connectivity index (χ0n) is 15.2. The fourth-order valence-corrected chi connectivity index (χ4v) is 3.52. The molecule has 138 valence electrons. The first-order valence-electron chi connectivity index (χ1n) is 9.22. The molecule has 2 atom stereocenters. The molecule has 3 rings (SSSR count). The van der Waals surface area contributed by atoms with E-state index in [0.29, 0.717) is 25.8 Å². The number of hydrogen-bond acceptors (Lipinski definition) is 3. The molecule has 5 nitrogen and oxygen atoms in total. The summed E-state index contributed by atoms with van der Waals surface area (Å²) in [7, 11) is 0. The van der Waals surface area contributed by atoms with Crippen molar-refractivity contribution in [1.29, 1.82) is 0 Å². The molecule has 26 heavy (non-hydrogen) atoms. The lowest BCUT2D eigenvalue weighted by Gasteiger charge is -2.23. The van der Waals surface area contributed by atoms with Crippen molar-refractivity contribution in [2.24, 2.45) is 0 Å². The smallest absolute Gasteiger partial charge is 0.220 e. The third-order valence-corrected chi connectivity index (χ3v) is 5.09. The Balaban J connectivity index is 1.49. The zero-order chi connectivity index (χ0) is 18.4. The lowest BCUT2D eigenvalue weighted by Crippen LogP contribution is -2.39. The lowest BCUT2D eigenvalue weighted by molar-refractivity contribution is -0.122. The largest absolute Gasteiger partial charge is 0.469 e. The summed E-state index contributed by atoms with van der Waals surface area (Å²) in [6.07, 6.45) is 4.91. The third kappa shape index (κ3) is 4.75. The Morgan fingerprint density at radius 3 is 2.73 bits per heavy atom. The van der Waals surface area contributed by atoms with Crippen LogP contribution >= 0.6 is 0 Å². The van der Waals surface area contributed by atoms with E-state index in [1.54, 1.807) is 6.26 Å². The Labute approximate surface area is 154 Å². The maximum Gasteiger partial charge on any atom is 0.220 e. The van der Waals surface area contributed by atoms with E-state index in [1.165, 1.54) is 5.56 Å². The summed E-state index contributed by atoms with van der Waals surface area (Å²) in [6.45, 7) is 2.59. The molecule has 0 bridgehead atoms. The highest BCUT2D eigenvalue weighted by atomic mass is 16.3. The number of carbonyl (C=O) groups is 2. The van der Waals surface area contributed by atoms with Gasteiger partial charge in [-0.15, -0.1) is 0 Å². The Morgan fingerprint density at radius 1 is 1.27 bits per heavy atom. The molecule has 2 amide bonds. The van der Waals surface area contributed by atoms with Gasteiger partial charge in [0.25, 0.3) is 0 Å². The van der Waals surface area contributed by atoms with E-state index in [-0.39, 0.29) is 23.3 Å². The minimum Gasteiger partial charge on any atom is -0.469 e. The van der Waals surface area contributed by atoms with E-state index < -0.39 is 0 Å². The van der Waals surface area contributed by atoms with Gasteiger partial charge in [0.1, 0.15) is 5.76 Å². The number of rotatable bonds is 8. The first-order chi connectivity index (χ1) is 12.6. The molecule has 1 aromatic carbocycles. The van der Waals surface area contributed by atoms with Crippen molar-refractivity contribution in [2.45, 2.75) is 50.5 Å². The van der Waals surface area contributed by atoms with Crippen LogP contribution in [0.15, 0.2) is 53.1 Å². The summed E-state index contributed by atoms with van der Waals surface area (Å²) in [5, 5.41) is 5.97. The standard InChI is InChI=1S/C21H26N2O3/c1-21(13-10-20(25)23-21)12-9-19(24)22-14-11-17(18-8-5-15-26-18)16-6-3-2-4-7-16/h2-8,15,17H,9-14H2,1H3,(H,22,24)(H,23,25). The molecule has 2 heterocycles. The van der Waals surface area contributed by atoms with Crippen molar-refractivity contribution in [3.05, 3.63) is 60.1 Å². The number of benzene rings is 1. The van der Waals surface area contributed by atoms with Crippen molar-refractivity contribution in [1.82, 2.24) is 10.6 Å². The highest BCUT2D eigenvalue weighted by Crippen LogP contribution is 2.28. The molecule has 1 saturated heterocycles. The summed E-state index contributed by atoms with van der Waals surface area (Å²) < 4.78 is 5.59. The third-order valence-electron chi connectivity index (χ3n) is 5.09. The molecule has 1 aliphatic rings. The van der Waals surface area contributed by atoms with Gasteiger partial charge in [-0.1, -0.05) is 30.3 Å². The van der Waals surface area contributed by atoms with Gasteiger partial charge >= 0.3 is 0 Å².